The zero-order valence-electron chi connectivity index (χ0n) is 14.1. The number of thiophene rings is 1. The van der Waals surface area contributed by atoms with Gasteiger partial charge in [-0.05, 0) is 43.2 Å². The van der Waals surface area contributed by atoms with Crippen LogP contribution in [-0.2, 0) is 4.74 Å². The van der Waals surface area contributed by atoms with Crippen LogP contribution in [0.4, 0.5) is 0 Å². The van der Waals surface area contributed by atoms with Crippen LogP contribution >= 0.6 is 11.3 Å². The van der Waals surface area contributed by atoms with Gasteiger partial charge in [0.05, 0.1) is 12.1 Å². The molecule has 4 rings (SSSR count). The second-order valence-corrected chi connectivity index (χ2v) is 7.53. The van der Waals surface area contributed by atoms with E-state index in [1.54, 1.807) is 11.3 Å². The lowest BCUT2D eigenvalue weighted by Gasteiger charge is -2.31. The Balaban J connectivity index is 1.39. The standard InChI is InChI=1S/C20H22N2O2S/c23-20(18-14-25-19-6-2-1-5-17(18)19)21-16-4-3-9-22(13-16)12-15-7-10-24-11-8-15/h1-6,9,14-15H,7-8,10-13H2,(H,21,23). The van der Waals surface area contributed by atoms with E-state index >= 15 is 0 Å². The van der Waals surface area contributed by atoms with Crippen molar-refractivity contribution in [3.05, 3.63) is 59.3 Å². The molecule has 1 aromatic heterocycles. The highest BCUT2D eigenvalue weighted by molar-refractivity contribution is 7.17. The molecule has 0 aliphatic carbocycles. The van der Waals surface area contributed by atoms with Crippen LogP contribution in [0.15, 0.2) is 53.7 Å². The predicted molar refractivity (Wildman–Crippen MR) is 102 cm³/mol. The molecule has 0 bridgehead atoms. The van der Waals surface area contributed by atoms with Crippen LogP contribution in [0, 0.1) is 5.92 Å². The van der Waals surface area contributed by atoms with Crippen LogP contribution in [0.5, 0.6) is 0 Å². The fourth-order valence-electron chi connectivity index (χ4n) is 3.44. The second kappa shape index (κ2) is 7.42. The molecule has 4 nitrogen and oxygen atoms in total. The lowest BCUT2D eigenvalue weighted by molar-refractivity contribution is 0.0583. The fourth-order valence-corrected chi connectivity index (χ4v) is 4.38. The molecule has 2 aromatic rings. The van der Waals surface area contributed by atoms with E-state index in [0.29, 0.717) is 5.92 Å². The van der Waals surface area contributed by atoms with Crippen molar-refractivity contribution < 1.29 is 9.53 Å². The molecule has 1 aromatic carbocycles. The quantitative estimate of drug-likeness (QED) is 0.909. The molecule has 25 heavy (non-hydrogen) atoms. The summed E-state index contributed by atoms with van der Waals surface area (Å²) in [6.07, 6.45) is 8.37. The predicted octanol–water partition coefficient (Wildman–Crippen LogP) is 3.77. The minimum absolute atomic E-state index is 0.0231. The number of ether oxygens (including phenoxy) is 1. The van der Waals surface area contributed by atoms with E-state index < -0.39 is 0 Å². The Morgan fingerprint density at radius 2 is 2.12 bits per heavy atom. The third-order valence-electron chi connectivity index (χ3n) is 4.80. The van der Waals surface area contributed by atoms with Crippen molar-refractivity contribution in [2.75, 3.05) is 26.3 Å². The number of rotatable bonds is 4. The number of hydrogen-bond acceptors (Lipinski definition) is 4. The van der Waals surface area contributed by atoms with Gasteiger partial charge in [0, 0.05) is 40.9 Å². The van der Waals surface area contributed by atoms with E-state index in [1.807, 2.05) is 35.7 Å². The molecule has 2 aliphatic heterocycles. The largest absolute Gasteiger partial charge is 0.381 e. The number of amides is 1. The Morgan fingerprint density at radius 1 is 1.28 bits per heavy atom. The van der Waals surface area contributed by atoms with Gasteiger partial charge in [0.2, 0.25) is 0 Å². The van der Waals surface area contributed by atoms with E-state index in [1.165, 1.54) is 0 Å². The molecule has 0 spiro atoms. The third-order valence-corrected chi connectivity index (χ3v) is 5.76. The minimum atomic E-state index is -0.0231. The molecule has 0 unspecified atom stereocenters. The Labute approximate surface area is 151 Å². The summed E-state index contributed by atoms with van der Waals surface area (Å²) in [6, 6.07) is 8.04. The molecule has 1 fully saturated rings. The summed E-state index contributed by atoms with van der Waals surface area (Å²) in [4.78, 5) is 15.0. The van der Waals surface area contributed by atoms with Crippen LogP contribution in [0.25, 0.3) is 10.1 Å². The maximum atomic E-state index is 12.7. The number of nitrogens with one attached hydrogen (secondary N) is 1. The number of fused-ring (bicyclic) bond motifs is 1. The van der Waals surface area contributed by atoms with Crippen LogP contribution in [0.3, 0.4) is 0 Å². The SMILES string of the molecule is O=C(NC1=CC=CN(CC2CCOCC2)C1)c1csc2ccccc12. The normalized spacial score (nSPS) is 18.4. The van der Waals surface area contributed by atoms with Crippen molar-refractivity contribution in [3.8, 4) is 0 Å². The monoisotopic (exact) mass is 354 g/mol. The van der Waals surface area contributed by atoms with Crippen molar-refractivity contribution in [1.82, 2.24) is 10.2 Å². The highest BCUT2D eigenvalue weighted by atomic mass is 32.1. The summed E-state index contributed by atoms with van der Waals surface area (Å²) in [5.74, 6) is 0.652. The summed E-state index contributed by atoms with van der Waals surface area (Å²) in [6.45, 7) is 3.51. The highest BCUT2D eigenvalue weighted by Crippen LogP contribution is 2.26. The van der Waals surface area contributed by atoms with E-state index in [0.717, 1.165) is 60.5 Å². The third kappa shape index (κ3) is 3.78. The van der Waals surface area contributed by atoms with E-state index in [-0.39, 0.29) is 5.91 Å². The number of allylic oxidation sites excluding steroid dienone is 2. The molecule has 5 heteroatoms. The number of carbonyl (C=O) groups is 1. The molecule has 0 atom stereocenters. The fraction of sp³-hybridized carbons (Fsp3) is 0.350. The lowest BCUT2D eigenvalue weighted by atomic mass is 9.99. The summed E-state index contributed by atoms with van der Waals surface area (Å²) in [5.41, 5.74) is 1.71. The van der Waals surface area contributed by atoms with E-state index in [9.17, 15) is 4.79 Å². The van der Waals surface area contributed by atoms with Gasteiger partial charge in [0.25, 0.3) is 5.91 Å². The smallest absolute Gasteiger partial charge is 0.256 e. The zero-order valence-corrected chi connectivity index (χ0v) is 14.9. The van der Waals surface area contributed by atoms with Gasteiger partial charge in [0.1, 0.15) is 0 Å². The average Bonchev–Trinajstić information content (AvgIpc) is 3.07. The van der Waals surface area contributed by atoms with Gasteiger partial charge in [-0.2, -0.15) is 0 Å². The Bertz CT molecular complexity index is 818. The van der Waals surface area contributed by atoms with Gasteiger partial charge in [-0.3, -0.25) is 4.79 Å². The van der Waals surface area contributed by atoms with Gasteiger partial charge in [0.15, 0.2) is 0 Å². The minimum Gasteiger partial charge on any atom is -0.381 e. The second-order valence-electron chi connectivity index (χ2n) is 6.62. The average molecular weight is 354 g/mol. The maximum Gasteiger partial charge on any atom is 0.256 e. The first-order valence-electron chi connectivity index (χ1n) is 8.76. The lowest BCUT2D eigenvalue weighted by Crippen LogP contribution is -2.35. The first-order chi connectivity index (χ1) is 12.3. The Hall–Kier alpha value is -2.11. The van der Waals surface area contributed by atoms with Gasteiger partial charge < -0.3 is 15.0 Å². The molecular formula is C20H22N2O2S. The summed E-state index contributed by atoms with van der Waals surface area (Å²) in [5, 5.41) is 6.06. The molecule has 130 valence electrons. The maximum absolute atomic E-state index is 12.7. The molecule has 1 N–H and O–H groups in total. The topological polar surface area (TPSA) is 41.6 Å². The van der Waals surface area contributed by atoms with Crippen LogP contribution in [0.2, 0.25) is 0 Å². The molecule has 3 heterocycles. The number of benzene rings is 1. The number of carbonyl (C=O) groups excluding carboxylic acids is 1. The van der Waals surface area contributed by atoms with Crippen molar-refractivity contribution in [1.29, 1.82) is 0 Å². The van der Waals surface area contributed by atoms with Crippen LogP contribution < -0.4 is 5.32 Å². The van der Waals surface area contributed by atoms with Crippen LogP contribution in [-0.4, -0.2) is 37.1 Å². The molecule has 1 saturated heterocycles. The Kier molecular flexibility index (Phi) is 4.85. The molecule has 0 saturated carbocycles. The number of hydrogen-bond donors (Lipinski definition) is 1. The van der Waals surface area contributed by atoms with Gasteiger partial charge >= 0.3 is 0 Å². The summed E-state index contributed by atoms with van der Waals surface area (Å²) < 4.78 is 6.58. The molecule has 0 radical (unpaired) electrons. The Morgan fingerprint density at radius 3 is 3.00 bits per heavy atom. The zero-order chi connectivity index (χ0) is 17.1. The molecule has 1 amide bonds. The molecular weight excluding hydrogens is 332 g/mol. The summed E-state index contributed by atoms with van der Waals surface area (Å²) in [7, 11) is 0. The van der Waals surface area contributed by atoms with Gasteiger partial charge in [-0.1, -0.05) is 18.2 Å². The van der Waals surface area contributed by atoms with Crippen LogP contribution in [0.1, 0.15) is 23.2 Å². The van der Waals surface area contributed by atoms with Crippen molar-refractivity contribution in [3.63, 3.8) is 0 Å². The highest BCUT2D eigenvalue weighted by Gasteiger charge is 2.19. The molecule has 2 aliphatic rings. The van der Waals surface area contributed by atoms with Gasteiger partial charge in [-0.15, -0.1) is 11.3 Å². The van der Waals surface area contributed by atoms with Crippen molar-refractivity contribution in [2.24, 2.45) is 5.92 Å². The first kappa shape index (κ1) is 16.4. The first-order valence-corrected chi connectivity index (χ1v) is 9.64. The van der Waals surface area contributed by atoms with Crippen molar-refractivity contribution in [2.45, 2.75) is 12.8 Å². The van der Waals surface area contributed by atoms with Gasteiger partial charge in [-0.25, -0.2) is 0 Å². The number of nitrogens with zero attached hydrogens (tertiary/aromatic N) is 1. The van der Waals surface area contributed by atoms with E-state index in [4.69, 9.17) is 4.74 Å². The summed E-state index contributed by atoms with van der Waals surface area (Å²) >= 11 is 1.61. The van der Waals surface area contributed by atoms with E-state index in [2.05, 4.69) is 22.5 Å². The van der Waals surface area contributed by atoms with Crippen molar-refractivity contribution >= 4 is 27.3 Å².